The molecule has 0 aliphatic heterocycles. The minimum absolute atomic E-state index is 0.227. The predicted molar refractivity (Wildman–Crippen MR) is 113 cm³/mol. The summed E-state index contributed by atoms with van der Waals surface area (Å²) in [5.41, 5.74) is 10.6. The lowest BCUT2D eigenvalue weighted by Gasteiger charge is -2.23. The minimum Gasteiger partial charge on any atom is -0.352 e. The lowest BCUT2D eigenvalue weighted by atomic mass is 9.82. The summed E-state index contributed by atoms with van der Waals surface area (Å²) >= 11 is 15.8. The first kappa shape index (κ1) is 17.9. The summed E-state index contributed by atoms with van der Waals surface area (Å²) in [5, 5.41) is 2.12. The molecular formula is C19H17BrCl2N4. The average Bonchev–Trinajstić information content (AvgIpc) is 3.16. The molecule has 4 nitrogen and oxygen atoms in total. The van der Waals surface area contributed by atoms with Gasteiger partial charge in [-0.1, -0.05) is 59.0 Å². The van der Waals surface area contributed by atoms with Gasteiger partial charge in [-0.25, -0.2) is 4.98 Å². The Kier molecular flexibility index (Phi) is 4.31. The van der Waals surface area contributed by atoms with Crippen LogP contribution in [-0.4, -0.2) is 21.5 Å². The molecule has 0 saturated heterocycles. The zero-order valence-corrected chi connectivity index (χ0v) is 17.4. The highest BCUT2D eigenvalue weighted by molar-refractivity contribution is 9.10. The number of imidazole rings is 1. The molecule has 2 aromatic carbocycles. The Bertz CT molecular complexity index is 1100. The van der Waals surface area contributed by atoms with E-state index in [1.165, 1.54) is 0 Å². The van der Waals surface area contributed by atoms with Crippen LogP contribution in [0.5, 0.6) is 0 Å². The molecule has 2 heterocycles. The van der Waals surface area contributed by atoms with Crippen molar-refractivity contribution in [3.63, 3.8) is 0 Å². The fourth-order valence-corrected chi connectivity index (χ4v) is 3.96. The molecule has 0 fully saturated rings. The molecule has 4 rings (SSSR count). The van der Waals surface area contributed by atoms with Crippen molar-refractivity contribution in [3.05, 3.63) is 50.4 Å². The lowest BCUT2D eigenvalue weighted by molar-refractivity contribution is 0.545. The van der Waals surface area contributed by atoms with Crippen LogP contribution in [0.1, 0.15) is 19.4 Å². The molecule has 0 aliphatic rings. The van der Waals surface area contributed by atoms with E-state index in [2.05, 4.69) is 51.9 Å². The third-order valence-electron chi connectivity index (χ3n) is 4.71. The second-order valence-electron chi connectivity index (χ2n) is 7.02. The van der Waals surface area contributed by atoms with E-state index in [9.17, 15) is 0 Å². The fraction of sp³-hybridized carbons (Fsp3) is 0.211. The number of aromatic nitrogens is 3. The molecule has 0 saturated carbocycles. The van der Waals surface area contributed by atoms with Gasteiger partial charge in [0.05, 0.1) is 26.8 Å². The molecular weight excluding hydrogens is 435 g/mol. The van der Waals surface area contributed by atoms with Gasteiger partial charge in [-0.2, -0.15) is 0 Å². The zero-order valence-electron chi connectivity index (χ0n) is 14.3. The standard InChI is InChI=1S/C19H17BrCl2N4/c1-19(2,8-23)16-10-4-3-9(20)5-13(10)24-17(16)18-25-14-6-11(21)12(22)7-15(14)26-18/h3-7,24H,8,23H2,1-2H3,(H,25,26). The lowest BCUT2D eigenvalue weighted by Crippen LogP contribution is -2.28. The third-order valence-corrected chi connectivity index (χ3v) is 5.92. The highest BCUT2D eigenvalue weighted by Gasteiger charge is 2.28. The summed E-state index contributed by atoms with van der Waals surface area (Å²) in [6.45, 7) is 4.79. The SMILES string of the molecule is CC(C)(CN)c1c(-c2nc3cc(Cl)c(Cl)cc3[nH]2)[nH]c2cc(Br)ccc12. The van der Waals surface area contributed by atoms with E-state index in [0.29, 0.717) is 16.6 Å². The summed E-state index contributed by atoms with van der Waals surface area (Å²) in [7, 11) is 0. The van der Waals surface area contributed by atoms with Gasteiger partial charge in [0.15, 0.2) is 5.82 Å². The van der Waals surface area contributed by atoms with Gasteiger partial charge in [0, 0.05) is 27.3 Å². The van der Waals surface area contributed by atoms with Crippen LogP contribution < -0.4 is 5.73 Å². The topological polar surface area (TPSA) is 70.5 Å². The molecule has 0 aliphatic carbocycles. The van der Waals surface area contributed by atoms with Crippen LogP contribution in [0.2, 0.25) is 10.0 Å². The van der Waals surface area contributed by atoms with Gasteiger partial charge in [0.2, 0.25) is 0 Å². The van der Waals surface area contributed by atoms with E-state index in [1.807, 2.05) is 6.07 Å². The van der Waals surface area contributed by atoms with Gasteiger partial charge in [-0.05, 0) is 29.8 Å². The predicted octanol–water partition coefficient (Wildman–Crippen LogP) is 6.02. The number of hydrogen-bond donors (Lipinski definition) is 3. The van der Waals surface area contributed by atoms with Crippen molar-refractivity contribution in [2.24, 2.45) is 5.73 Å². The Labute approximate surface area is 169 Å². The van der Waals surface area contributed by atoms with E-state index < -0.39 is 0 Å². The normalized spacial score (nSPS) is 12.4. The summed E-state index contributed by atoms with van der Waals surface area (Å²) in [6.07, 6.45) is 0. The average molecular weight is 452 g/mol. The van der Waals surface area contributed by atoms with Crippen molar-refractivity contribution in [2.75, 3.05) is 6.54 Å². The molecule has 0 amide bonds. The van der Waals surface area contributed by atoms with Crippen molar-refractivity contribution in [3.8, 4) is 11.5 Å². The Morgan fingerprint density at radius 1 is 1.08 bits per heavy atom. The highest BCUT2D eigenvalue weighted by atomic mass is 79.9. The number of nitrogens with zero attached hydrogens (tertiary/aromatic N) is 1. The molecule has 0 spiro atoms. The molecule has 26 heavy (non-hydrogen) atoms. The number of benzene rings is 2. The smallest absolute Gasteiger partial charge is 0.155 e. The molecule has 4 N–H and O–H groups in total. The second-order valence-corrected chi connectivity index (χ2v) is 8.75. The van der Waals surface area contributed by atoms with Crippen LogP contribution in [-0.2, 0) is 5.41 Å². The van der Waals surface area contributed by atoms with E-state index in [1.54, 1.807) is 12.1 Å². The maximum absolute atomic E-state index is 6.14. The molecule has 134 valence electrons. The van der Waals surface area contributed by atoms with Crippen LogP contribution in [0, 0.1) is 0 Å². The monoisotopic (exact) mass is 450 g/mol. The zero-order chi connectivity index (χ0) is 18.6. The summed E-state index contributed by atoms with van der Waals surface area (Å²) in [5.74, 6) is 0.738. The quantitative estimate of drug-likeness (QED) is 0.356. The number of H-pyrrole nitrogens is 2. The second kappa shape index (κ2) is 6.27. The maximum atomic E-state index is 6.14. The first-order valence-electron chi connectivity index (χ1n) is 8.17. The maximum Gasteiger partial charge on any atom is 0.155 e. The van der Waals surface area contributed by atoms with E-state index in [4.69, 9.17) is 33.9 Å². The van der Waals surface area contributed by atoms with Crippen molar-refractivity contribution < 1.29 is 0 Å². The Morgan fingerprint density at radius 3 is 2.54 bits per heavy atom. The van der Waals surface area contributed by atoms with E-state index in [0.717, 1.165) is 43.5 Å². The highest BCUT2D eigenvalue weighted by Crippen LogP contribution is 2.39. The molecule has 2 aromatic heterocycles. The molecule has 7 heteroatoms. The number of rotatable bonds is 3. The number of fused-ring (bicyclic) bond motifs is 2. The third kappa shape index (κ3) is 2.83. The van der Waals surface area contributed by atoms with E-state index in [-0.39, 0.29) is 5.41 Å². The molecule has 0 unspecified atom stereocenters. The summed E-state index contributed by atoms with van der Waals surface area (Å²) in [4.78, 5) is 11.6. The van der Waals surface area contributed by atoms with Gasteiger partial charge in [0.25, 0.3) is 0 Å². The number of halogens is 3. The molecule has 4 aromatic rings. The summed E-state index contributed by atoms with van der Waals surface area (Å²) < 4.78 is 1.01. The van der Waals surface area contributed by atoms with Gasteiger partial charge in [-0.15, -0.1) is 0 Å². The van der Waals surface area contributed by atoms with Crippen LogP contribution >= 0.6 is 39.1 Å². The van der Waals surface area contributed by atoms with Crippen molar-refractivity contribution in [1.29, 1.82) is 0 Å². The van der Waals surface area contributed by atoms with E-state index >= 15 is 0 Å². The molecule has 0 atom stereocenters. The van der Waals surface area contributed by atoms with Crippen LogP contribution in [0.15, 0.2) is 34.8 Å². The first-order valence-corrected chi connectivity index (χ1v) is 9.72. The molecule has 0 radical (unpaired) electrons. The van der Waals surface area contributed by atoms with Crippen molar-refractivity contribution in [1.82, 2.24) is 15.0 Å². The number of hydrogen-bond acceptors (Lipinski definition) is 2. The Hall–Kier alpha value is -1.53. The van der Waals surface area contributed by atoms with Gasteiger partial charge < -0.3 is 15.7 Å². The minimum atomic E-state index is -0.227. The number of nitrogens with two attached hydrogens (primary N) is 1. The number of nitrogens with one attached hydrogen (secondary N) is 2. The largest absolute Gasteiger partial charge is 0.352 e. The van der Waals surface area contributed by atoms with Crippen molar-refractivity contribution >= 4 is 61.1 Å². The number of aromatic amines is 2. The fourth-order valence-electron chi connectivity index (χ4n) is 3.28. The Balaban J connectivity index is 2.03. The van der Waals surface area contributed by atoms with Gasteiger partial charge in [-0.3, -0.25) is 0 Å². The van der Waals surface area contributed by atoms with Crippen LogP contribution in [0.3, 0.4) is 0 Å². The van der Waals surface area contributed by atoms with Crippen LogP contribution in [0.25, 0.3) is 33.5 Å². The van der Waals surface area contributed by atoms with Gasteiger partial charge in [0.1, 0.15) is 0 Å². The van der Waals surface area contributed by atoms with Crippen LogP contribution in [0.4, 0.5) is 0 Å². The Morgan fingerprint density at radius 2 is 1.81 bits per heavy atom. The first-order chi connectivity index (χ1) is 12.3. The summed E-state index contributed by atoms with van der Waals surface area (Å²) in [6, 6.07) is 9.76. The molecule has 0 bridgehead atoms. The van der Waals surface area contributed by atoms with Crippen molar-refractivity contribution in [2.45, 2.75) is 19.3 Å². The van der Waals surface area contributed by atoms with Gasteiger partial charge >= 0.3 is 0 Å².